The number of β-amino-alcohol motifs (C(OH)–C–C–N with tert-alkyl or cyclic N) is 1. The summed E-state index contributed by atoms with van der Waals surface area (Å²) < 4.78 is 0. The number of nitrogens with zero attached hydrogens (tertiary/aromatic N) is 1. The molecule has 2 heterocycles. The number of nitrogens with one attached hydrogen (secondary N) is 4. The molecule has 1 saturated heterocycles. The molecule has 1 fully saturated rings. The van der Waals surface area contributed by atoms with Crippen LogP contribution in [0.4, 0.5) is 4.79 Å². The van der Waals surface area contributed by atoms with Gasteiger partial charge >= 0.3 is 6.03 Å². The number of aliphatic hydroxyl groups excluding tert-OH is 1. The molecular formula is C16H24Cl3N5O2. The van der Waals surface area contributed by atoms with E-state index in [4.69, 9.17) is 11.6 Å². The number of H-pyrrole nitrogens is 1. The van der Waals surface area contributed by atoms with Gasteiger partial charge in [-0.05, 0) is 37.6 Å². The lowest BCUT2D eigenvalue weighted by atomic mass is 10.0. The third-order valence-corrected chi connectivity index (χ3v) is 4.37. The number of hydrogen-bond acceptors (Lipinski definition) is 4. The molecule has 0 spiro atoms. The molecule has 3 rings (SSSR count). The number of fused-ring (bicyclic) bond motifs is 1. The second kappa shape index (κ2) is 10.8. The number of urea groups is 1. The van der Waals surface area contributed by atoms with Gasteiger partial charge in [0.25, 0.3) is 0 Å². The molecule has 2 amide bonds. The lowest BCUT2D eigenvalue weighted by molar-refractivity contribution is 0.106. The van der Waals surface area contributed by atoms with E-state index in [1.54, 1.807) is 0 Å². The summed E-state index contributed by atoms with van der Waals surface area (Å²) in [6.07, 6.45) is 1.71. The van der Waals surface area contributed by atoms with Gasteiger partial charge in [0.15, 0.2) is 0 Å². The molecule has 146 valence electrons. The van der Waals surface area contributed by atoms with E-state index >= 15 is 0 Å². The van der Waals surface area contributed by atoms with E-state index < -0.39 is 6.10 Å². The van der Waals surface area contributed by atoms with Crippen molar-refractivity contribution in [2.24, 2.45) is 0 Å². The van der Waals surface area contributed by atoms with Crippen LogP contribution in [0.25, 0.3) is 11.0 Å². The number of amides is 2. The molecule has 1 aliphatic rings. The van der Waals surface area contributed by atoms with Gasteiger partial charge in [0, 0.05) is 24.5 Å². The van der Waals surface area contributed by atoms with Crippen molar-refractivity contribution < 1.29 is 9.90 Å². The van der Waals surface area contributed by atoms with E-state index in [1.807, 2.05) is 18.2 Å². The Hall–Kier alpha value is -1.25. The van der Waals surface area contributed by atoms with Gasteiger partial charge in [0.05, 0.1) is 23.2 Å². The summed E-state index contributed by atoms with van der Waals surface area (Å²) in [5.41, 5.74) is 1.81. The second-order valence-electron chi connectivity index (χ2n) is 6.02. The molecule has 2 aromatic rings. The smallest absolute Gasteiger partial charge is 0.315 e. The Labute approximate surface area is 169 Å². The van der Waals surface area contributed by atoms with Gasteiger partial charge in [0.1, 0.15) is 5.82 Å². The van der Waals surface area contributed by atoms with Crippen molar-refractivity contribution >= 4 is 53.5 Å². The van der Waals surface area contributed by atoms with Gasteiger partial charge in [-0.3, -0.25) is 0 Å². The van der Waals surface area contributed by atoms with Gasteiger partial charge in [-0.15, -0.1) is 24.8 Å². The highest BCUT2D eigenvalue weighted by atomic mass is 35.5. The van der Waals surface area contributed by atoms with Gasteiger partial charge in [-0.25, -0.2) is 9.78 Å². The average Bonchev–Trinajstić information content (AvgIpc) is 2.95. The zero-order valence-corrected chi connectivity index (χ0v) is 16.5. The Morgan fingerprint density at radius 1 is 1.38 bits per heavy atom. The van der Waals surface area contributed by atoms with Crippen molar-refractivity contribution in [1.29, 1.82) is 0 Å². The van der Waals surface area contributed by atoms with Crippen LogP contribution in [0.2, 0.25) is 5.02 Å². The third-order valence-electron chi connectivity index (χ3n) is 4.14. The Morgan fingerprint density at radius 3 is 2.96 bits per heavy atom. The number of hydrogen-bond donors (Lipinski definition) is 5. The summed E-state index contributed by atoms with van der Waals surface area (Å²) in [4.78, 5) is 19.6. The Morgan fingerprint density at radius 2 is 2.19 bits per heavy atom. The molecule has 1 aromatic carbocycles. The van der Waals surface area contributed by atoms with Crippen LogP contribution < -0.4 is 16.0 Å². The fourth-order valence-electron chi connectivity index (χ4n) is 2.84. The molecule has 2 atom stereocenters. The largest absolute Gasteiger partial charge is 0.390 e. The number of benzene rings is 1. The normalized spacial score (nSPS) is 19.3. The summed E-state index contributed by atoms with van der Waals surface area (Å²) >= 11 is 5.96. The first-order chi connectivity index (χ1) is 11.6. The molecule has 7 nitrogen and oxygen atoms in total. The number of rotatable bonds is 5. The molecule has 0 unspecified atom stereocenters. The van der Waals surface area contributed by atoms with Crippen LogP contribution in [0.5, 0.6) is 0 Å². The van der Waals surface area contributed by atoms with E-state index in [1.165, 1.54) is 0 Å². The van der Waals surface area contributed by atoms with Crippen LogP contribution >= 0.6 is 36.4 Å². The summed E-state index contributed by atoms with van der Waals surface area (Å²) in [5.74, 6) is 0.878. The number of aliphatic hydroxyl groups is 1. The fourth-order valence-corrected chi connectivity index (χ4v) is 3.01. The molecule has 0 aliphatic carbocycles. The highest BCUT2D eigenvalue weighted by Gasteiger charge is 2.23. The lowest BCUT2D eigenvalue weighted by Gasteiger charge is -2.29. The number of carbonyl (C=O) groups excluding carboxylic acids is 1. The van der Waals surface area contributed by atoms with E-state index in [0.717, 1.165) is 42.7 Å². The number of aromatic amines is 1. The predicted octanol–water partition coefficient (Wildman–Crippen LogP) is 2.01. The molecule has 0 bridgehead atoms. The Balaban J connectivity index is 0.00000169. The van der Waals surface area contributed by atoms with Crippen molar-refractivity contribution in [2.45, 2.75) is 31.4 Å². The molecular weight excluding hydrogens is 401 g/mol. The van der Waals surface area contributed by atoms with Crippen LogP contribution in [-0.2, 0) is 6.42 Å². The number of aromatic nitrogens is 2. The summed E-state index contributed by atoms with van der Waals surface area (Å²) in [6, 6.07) is 5.12. The number of aryl methyl sites for hydroxylation is 1. The fraction of sp³-hybridized carbons (Fsp3) is 0.500. The van der Waals surface area contributed by atoms with Crippen LogP contribution in [0.3, 0.4) is 0 Å². The monoisotopic (exact) mass is 423 g/mol. The summed E-state index contributed by atoms with van der Waals surface area (Å²) in [6.45, 7) is 1.86. The number of piperidine rings is 1. The standard InChI is InChI=1S/C16H22ClN5O2.2ClH/c17-10-3-4-11-13(8-10)21-15(20-11)2-1-6-19-16(24)22-12-5-7-18-9-14(12)23;;/h3-4,8,12,14,18,23H,1-2,5-7,9H2,(H,20,21)(H2,19,22,24);2*1H/t12-,14-;;/m1../s1. The minimum absolute atomic E-state index is 0. The topological polar surface area (TPSA) is 102 Å². The van der Waals surface area contributed by atoms with Crippen molar-refractivity contribution in [1.82, 2.24) is 25.9 Å². The number of halogens is 3. The SMILES string of the molecule is Cl.Cl.O=C(NCCCc1nc2ccc(Cl)cc2[nH]1)N[C@@H]1CCNC[C@H]1O. The van der Waals surface area contributed by atoms with E-state index in [0.29, 0.717) is 18.1 Å². The summed E-state index contributed by atoms with van der Waals surface area (Å²) in [5, 5.41) is 19.2. The Kier molecular flexibility index (Phi) is 9.46. The maximum atomic E-state index is 11.9. The van der Waals surface area contributed by atoms with Crippen molar-refractivity contribution in [3.8, 4) is 0 Å². The van der Waals surface area contributed by atoms with Gasteiger partial charge in [-0.1, -0.05) is 11.6 Å². The van der Waals surface area contributed by atoms with E-state index in [-0.39, 0.29) is 36.9 Å². The minimum Gasteiger partial charge on any atom is -0.390 e. The summed E-state index contributed by atoms with van der Waals surface area (Å²) in [7, 11) is 0. The number of carbonyl (C=O) groups is 1. The van der Waals surface area contributed by atoms with E-state index in [9.17, 15) is 9.90 Å². The van der Waals surface area contributed by atoms with Crippen molar-refractivity contribution in [3.05, 3.63) is 29.0 Å². The third kappa shape index (κ3) is 6.17. The van der Waals surface area contributed by atoms with Gasteiger partial charge in [0.2, 0.25) is 0 Å². The van der Waals surface area contributed by atoms with Crippen molar-refractivity contribution in [2.75, 3.05) is 19.6 Å². The first-order valence-corrected chi connectivity index (χ1v) is 8.57. The zero-order chi connectivity index (χ0) is 16.9. The van der Waals surface area contributed by atoms with Gasteiger partial charge in [-0.2, -0.15) is 0 Å². The van der Waals surface area contributed by atoms with Crippen LogP contribution in [0, 0.1) is 0 Å². The average molecular weight is 425 g/mol. The Bertz CT molecular complexity index is 712. The first kappa shape index (κ1) is 22.8. The molecule has 0 radical (unpaired) electrons. The quantitative estimate of drug-likeness (QED) is 0.474. The maximum absolute atomic E-state index is 11.9. The second-order valence-corrected chi connectivity index (χ2v) is 6.45. The molecule has 5 N–H and O–H groups in total. The van der Waals surface area contributed by atoms with Crippen LogP contribution in [0.1, 0.15) is 18.7 Å². The molecule has 26 heavy (non-hydrogen) atoms. The van der Waals surface area contributed by atoms with Crippen LogP contribution in [-0.4, -0.2) is 52.9 Å². The van der Waals surface area contributed by atoms with E-state index in [2.05, 4.69) is 25.9 Å². The van der Waals surface area contributed by atoms with Crippen molar-refractivity contribution in [3.63, 3.8) is 0 Å². The lowest BCUT2D eigenvalue weighted by Crippen LogP contribution is -2.54. The molecule has 0 saturated carbocycles. The molecule has 1 aromatic heterocycles. The highest BCUT2D eigenvalue weighted by Crippen LogP contribution is 2.17. The van der Waals surface area contributed by atoms with Gasteiger partial charge < -0.3 is 26.0 Å². The van der Waals surface area contributed by atoms with Crippen LogP contribution in [0.15, 0.2) is 18.2 Å². The predicted molar refractivity (Wildman–Crippen MR) is 108 cm³/mol. The minimum atomic E-state index is -0.535. The maximum Gasteiger partial charge on any atom is 0.315 e. The first-order valence-electron chi connectivity index (χ1n) is 8.19. The molecule has 1 aliphatic heterocycles. The number of imidazole rings is 1. The highest BCUT2D eigenvalue weighted by molar-refractivity contribution is 6.31. The zero-order valence-electron chi connectivity index (χ0n) is 14.1. The molecule has 10 heteroatoms.